The van der Waals surface area contributed by atoms with Gasteiger partial charge >= 0.3 is 0 Å². The quantitative estimate of drug-likeness (QED) is 0.269. The third kappa shape index (κ3) is 8.83. The maximum Gasteiger partial charge on any atom is 0.192 e. The second-order valence-electron chi connectivity index (χ2n) is 16.1. The Morgan fingerprint density at radius 1 is 0.650 bits per heavy atom. The van der Waals surface area contributed by atoms with Crippen molar-refractivity contribution in [3.05, 3.63) is 35.9 Å². The molecule has 1 aliphatic heterocycles. The van der Waals surface area contributed by atoms with E-state index in [2.05, 4.69) is 102 Å². The molecule has 2 rings (SSSR count). The zero-order valence-electron chi connectivity index (χ0n) is 28.2. The number of ether oxygens (including phenoxy) is 2. The Kier molecular flexibility index (Phi) is 11.4. The molecular weight excluding hydrogens is 553 g/mol. The van der Waals surface area contributed by atoms with Crippen LogP contribution in [-0.2, 0) is 29.4 Å². The lowest BCUT2D eigenvalue weighted by atomic mass is 9.99. The predicted octanol–water partition coefficient (Wildman–Crippen LogP) is 8.09. The lowest BCUT2D eigenvalue weighted by Gasteiger charge is -2.53. The van der Waals surface area contributed by atoms with Gasteiger partial charge in [0.2, 0.25) is 0 Å². The summed E-state index contributed by atoms with van der Waals surface area (Å²) in [4.78, 5) is 0. The molecule has 40 heavy (non-hydrogen) atoms. The molecule has 0 radical (unpaired) electrons. The molecule has 6 nitrogen and oxygen atoms in total. The van der Waals surface area contributed by atoms with Crippen molar-refractivity contribution in [1.82, 2.24) is 0 Å². The minimum absolute atomic E-state index is 0.0180. The van der Waals surface area contributed by atoms with E-state index in [0.717, 1.165) is 5.56 Å². The monoisotopic (exact) mass is 612 g/mol. The Balaban J connectivity index is 2.55. The summed E-state index contributed by atoms with van der Waals surface area (Å²) >= 11 is 0. The summed E-state index contributed by atoms with van der Waals surface area (Å²) in [5, 5.41) is 11.5. The number of hydrogen-bond acceptors (Lipinski definition) is 6. The molecule has 5 atom stereocenters. The summed E-state index contributed by atoms with van der Waals surface area (Å²) < 4.78 is 33.8. The number of hydrogen-bond donors (Lipinski definition) is 1. The highest BCUT2D eigenvalue weighted by atomic mass is 28.4. The molecule has 0 spiro atoms. The third-order valence-corrected chi connectivity index (χ3v) is 23.1. The first-order valence-corrected chi connectivity index (χ1v) is 23.6. The molecule has 0 amide bonds. The molecule has 1 heterocycles. The van der Waals surface area contributed by atoms with Crippen LogP contribution in [0.2, 0.25) is 54.4 Å². The first-order chi connectivity index (χ1) is 17.9. The predicted molar refractivity (Wildman–Crippen MR) is 173 cm³/mol. The molecule has 0 aliphatic carbocycles. The van der Waals surface area contributed by atoms with Crippen LogP contribution in [0.25, 0.3) is 0 Å². The summed E-state index contributed by atoms with van der Waals surface area (Å²) in [6.07, 6.45) is -3.23. The van der Waals surface area contributed by atoms with Crippen molar-refractivity contribution >= 4 is 25.0 Å². The molecule has 0 bridgehead atoms. The SMILES string of the molecule is CC(C)(C)[Si](C)(C)O[C@H]1[C@H](O[Si](C)(C)C(C)(C)C)[C@@H](O[Si](C)(C)C(C)(C)C)C(O)O[C@@H]1COCc1ccccc1. The molecule has 0 saturated carbocycles. The highest BCUT2D eigenvalue weighted by molar-refractivity contribution is 6.75. The van der Waals surface area contributed by atoms with Crippen LogP contribution in [0.5, 0.6) is 0 Å². The minimum atomic E-state index is -2.30. The second kappa shape index (κ2) is 12.7. The molecule has 1 fully saturated rings. The van der Waals surface area contributed by atoms with Gasteiger partial charge in [0.1, 0.15) is 24.4 Å². The Labute approximate surface area is 248 Å². The Bertz CT molecular complexity index is 931. The fourth-order valence-corrected chi connectivity index (χ4v) is 7.76. The highest BCUT2D eigenvalue weighted by Crippen LogP contribution is 2.45. The first-order valence-electron chi connectivity index (χ1n) is 14.9. The normalized spacial score (nSPS) is 25.8. The van der Waals surface area contributed by atoms with Crippen LogP contribution in [0.4, 0.5) is 0 Å². The number of aliphatic hydroxyl groups excluding tert-OH is 1. The molecule has 1 aromatic rings. The van der Waals surface area contributed by atoms with Gasteiger partial charge in [-0.1, -0.05) is 92.6 Å². The van der Waals surface area contributed by atoms with Crippen LogP contribution in [0, 0.1) is 0 Å². The van der Waals surface area contributed by atoms with Gasteiger partial charge in [-0.05, 0) is 60.0 Å². The van der Waals surface area contributed by atoms with Crippen molar-refractivity contribution in [2.45, 2.75) is 154 Å². The average molecular weight is 613 g/mol. The van der Waals surface area contributed by atoms with Crippen molar-refractivity contribution in [1.29, 1.82) is 0 Å². The van der Waals surface area contributed by atoms with Gasteiger partial charge in [-0.25, -0.2) is 0 Å². The van der Waals surface area contributed by atoms with Gasteiger partial charge in [0, 0.05) is 0 Å². The highest BCUT2D eigenvalue weighted by Gasteiger charge is 2.56. The fraction of sp³-hybridized carbons (Fsp3) is 0.806. The van der Waals surface area contributed by atoms with Crippen LogP contribution in [0.1, 0.15) is 67.9 Å². The summed E-state index contributed by atoms with van der Waals surface area (Å²) in [5.74, 6) is 0. The molecule has 1 aliphatic rings. The van der Waals surface area contributed by atoms with Gasteiger partial charge < -0.3 is 27.9 Å². The Morgan fingerprint density at radius 2 is 1.05 bits per heavy atom. The molecule has 1 aromatic carbocycles. The van der Waals surface area contributed by atoms with Crippen molar-refractivity contribution in [2.24, 2.45) is 0 Å². The van der Waals surface area contributed by atoms with E-state index in [9.17, 15) is 5.11 Å². The molecule has 9 heteroatoms. The average Bonchev–Trinajstić information content (AvgIpc) is 2.77. The number of aliphatic hydroxyl groups is 1. The first kappa shape index (κ1) is 35.8. The van der Waals surface area contributed by atoms with Crippen LogP contribution in [-0.4, -0.2) is 67.4 Å². The van der Waals surface area contributed by atoms with E-state index in [-0.39, 0.29) is 21.7 Å². The summed E-state index contributed by atoms with van der Waals surface area (Å²) in [6.45, 7) is 34.3. The Hall–Kier alpha value is -0.369. The van der Waals surface area contributed by atoms with E-state index in [1.165, 1.54) is 0 Å². The topological polar surface area (TPSA) is 66.4 Å². The van der Waals surface area contributed by atoms with Gasteiger partial charge in [-0.2, -0.15) is 0 Å². The molecule has 0 aromatic heterocycles. The van der Waals surface area contributed by atoms with E-state index >= 15 is 0 Å². The molecule has 1 saturated heterocycles. The zero-order valence-corrected chi connectivity index (χ0v) is 31.2. The maximum atomic E-state index is 11.5. The van der Waals surface area contributed by atoms with Crippen molar-refractivity contribution < 1.29 is 27.9 Å². The van der Waals surface area contributed by atoms with Crippen LogP contribution in [0.15, 0.2) is 30.3 Å². The second-order valence-corrected chi connectivity index (χ2v) is 30.4. The zero-order chi connectivity index (χ0) is 30.9. The van der Waals surface area contributed by atoms with Gasteiger partial charge in [0.15, 0.2) is 31.2 Å². The lowest BCUT2D eigenvalue weighted by molar-refractivity contribution is -0.279. The van der Waals surface area contributed by atoms with Crippen molar-refractivity contribution in [2.75, 3.05) is 6.61 Å². The molecule has 232 valence electrons. The van der Waals surface area contributed by atoms with E-state index in [1.54, 1.807) is 0 Å². The van der Waals surface area contributed by atoms with Gasteiger partial charge in [0.05, 0.1) is 13.2 Å². The third-order valence-electron chi connectivity index (χ3n) is 9.71. The summed E-state index contributed by atoms with van der Waals surface area (Å²) in [7, 11) is -6.86. The summed E-state index contributed by atoms with van der Waals surface area (Å²) in [5.41, 5.74) is 1.09. The molecule has 1 N–H and O–H groups in total. The van der Waals surface area contributed by atoms with Crippen molar-refractivity contribution in [3.8, 4) is 0 Å². The van der Waals surface area contributed by atoms with E-state index in [4.69, 9.17) is 22.8 Å². The number of benzene rings is 1. The van der Waals surface area contributed by atoms with E-state index in [0.29, 0.717) is 6.61 Å². The van der Waals surface area contributed by atoms with E-state index in [1.807, 2.05) is 30.3 Å². The van der Waals surface area contributed by atoms with Crippen LogP contribution < -0.4 is 0 Å². The standard InChI is InChI=1S/C31H60O6Si3/c1-29(2,3)38(10,11)35-25-24(22-33-21-23-19-17-16-18-20-23)34-28(32)27(37-40(14,15)31(7,8)9)26(25)36-39(12,13)30(4,5)6/h16-20,24-28,32H,21-22H2,1-15H3/t24-,25-,26+,27-,28?/m1/s1. The fourth-order valence-electron chi connectivity index (χ4n) is 3.85. The maximum absolute atomic E-state index is 11.5. The van der Waals surface area contributed by atoms with Crippen molar-refractivity contribution in [3.63, 3.8) is 0 Å². The number of rotatable bonds is 10. The molecule has 1 unspecified atom stereocenters. The van der Waals surface area contributed by atoms with Gasteiger partial charge in [-0.3, -0.25) is 0 Å². The van der Waals surface area contributed by atoms with Crippen LogP contribution >= 0.6 is 0 Å². The largest absolute Gasteiger partial charge is 0.408 e. The molecular formula is C31H60O6Si3. The lowest BCUT2D eigenvalue weighted by Crippen LogP contribution is -2.68. The smallest absolute Gasteiger partial charge is 0.192 e. The van der Waals surface area contributed by atoms with Gasteiger partial charge in [0.25, 0.3) is 0 Å². The van der Waals surface area contributed by atoms with Crippen LogP contribution in [0.3, 0.4) is 0 Å². The van der Waals surface area contributed by atoms with E-state index < -0.39 is 55.7 Å². The van der Waals surface area contributed by atoms with Gasteiger partial charge in [-0.15, -0.1) is 0 Å². The Morgan fingerprint density at radius 3 is 1.48 bits per heavy atom. The minimum Gasteiger partial charge on any atom is -0.408 e. The summed E-state index contributed by atoms with van der Waals surface area (Å²) in [6, 6.07) is 10.1.